The zero-order valence-electron chi connectivity index (χ0n) is 20.8. The van der Waals surface area contributed by atoms with E-state index in [1.54, 1.807) is 0 Å². The maximum atomic E-state index is 12.6. The molecule has 3 aromatic rings. The summed E-state index contributed by atoms with van der Waals surface area (Å²) in [5, 5.41) is 17.9. The minimum absolute atomic E-state index is 0.106. The summed E-state index contributed by atoms with van der Waals surface area (Å²) in [5.41, 5.74) is 3.62. The van der Waals surface area contributed by atoms with Crippen molar-refractivity contribution in [2.75, 3.05) is 13.1 Å². The quantitative estimate of drug-likeness (QED) is 0.407. The van der Waals surface area contributed by atoms with Crippen LogP contribution in [0.25, 0.3) is 0 Å². The number of carboxylic acid groups (broad SMARTS) is 2. The van der Waals surface area contributed by atoms with Crippen molar-refractivity contribution in [2.45, 2.75) is 32.9 Å². The van der Waals surface area contributed by atoms with Gasteiger partial charge in [0.1, 0.15) is 11.5 Å². The van der Waals surface area contributed by atoms with Gasteiger partial charge in [-0.15, -0.1) is 0 Å². The number of carbonyl (C=O) groups is 3. The molecule has 0 unspecified atom stereocenters. The van der Waals surface area contributed by atoms with Gasteiger partial charge in [0.05, 0.1) is 0 Å². The van der Waals surface area contributed by atoms with Crippen LogP contribution in [0.2, 0.25) is 0 Å². The maximum absolute atomic E-state index is 12.6. The topological polar surface area (TPSA) is 116 Å². The van der Waals surface area contributed by atoms with Crippen LogP contribution in [0.4, 0.5) is 0 Å². The number of piperidine rings is 1. The second-order valence-electron chi connectivity index (χ2n) is 8.93. The number of carboxylic acids is 2. The number of ether oxygens (including phenoxy) is 1. The molecule has 1 amide bonds. The molecule has 3 N–H and O–H groups in total. The summed E-state index contributed by atoms with van der Waals surface area (Å²) in [5.74, 6) is -1.66. The molecule has 1 heterocycles. The first kappa shape index (κ1) is 27.4. The molecule has 1 aliphatic heterocycles. The van der Waals surface area contributed by atoms with Gasteiger partial charge in [-0.05, 0) is 68.2 Å². The minimum Gasteiger partial charge on any atom is -0.473 e. The molecule has 0 bridgehead atoms. The van der Waals surface area contributed by atoms with E-state index in [-0.39, 0.29) is 11.8 Å². The van der Waals surface area contributed by atoms with Gasteiger partial charge in [-0.25, -0.2) is 9.59 Å². The Balaban J connectivity index is 0.000000568. The molecule has 194 valence electrons. The van der Waals surface area contributed by atoms with Gasteiger partial charge in [-0.1, -0.05) is 60.2 Å². The molecule has 1 saturated heterocycles. The highest BCUT2D eigenvalue weighted by Crippen LogP contribution is 2.24. The zero-order chi connectivity index (χ0) is 26.6. The highest BCUT2D eigenvalue weighted by Gasteiger charge is 2.24. The monoisotopic (exact) mass is 504 g/mol. The van der Waals surface area contributed by atoms with Gasteiger partial charge in [0, 0.05) is 19.0 Å². The van der Waals surface area contributed by atoms with E-state index >= 15 is 0 Å². The van der Waals surface area contributed by atoms with Gasteiger partial charge in [-0.2, -0.15) is 0 Å². The van der Waals surface area contributed by atoms with Crippen LogP contribution >= 0.6 is 0 Å². The Labute approximate surface area is 216 Å². The number of hydrogen-bond donors (Lipinski definition) is 3. The zero-order valence-corrected chi connectivity index (χ0v) is 20.8. The van der Waals surface area contributed by atoms with Crippen LogP contribution in [0, 0.1) is 12.8 Å². The van der Waals surface area contributed by atoms with Crippen molar-refractivity contribution in [2.24, 2.45) is 5.92 Å². The molecule has 0 atom stereocenters. The fourth-order valence-corrected chi connectivity index (χ4v) is 3.98. The van der Waals surface area contributed by atoms with E-state index in [2.05, 4.69) is 53.5 Å². The van der Waals surface area contributed by atoms with E-state index in [0.29, 0.717) is 6.54 Å². The van der Waals surface area contributed by atoms with Gasteiger partial charge in [0.15, 0.2) is 0 Å². The Kier molecular flexibility index (Phi) is 10.2. The van der Waals surface area contributed by atoms with Gasteiger partial charge in [0.25, 0.3) is 0 Å². The van der Waals surface area contributed by atoms with Crippen LogP contribution in [0.1, 0.15) is 29.5 Å². The fourth-order valence-electron chi connectivity index (χ4n) is 3.98. The largest absolute Gasteiger partial charge is 0.473 e. The Morgan fingerprint density at radius 1 is 0.838 bits per heavy atom. The van der Waals surface area contributed by atoms with E-state index in [9.17, 15) is 4.79 Å². The summed E-state index contributed by atoms with van der Waals surface area (Å²) >= 11 is 0. The van der Waals surface area contributed by atoms with Gasteiger partial charge in [0.2, 0.25) is 5.91 Å². The number of rotatable bonds is 7. The molecule has 0 aliphatic carbocycles. The third-order valence-electron chi connectivity index (χ3n) is 6.01. The summed E-state index contributed by atoms with van der Waals surface area (Å²) in [6.07, 6.45) is 1.81. The van der Waals surface area contributed by atoms with Crippen molar-refractivity contribution in [3.8, 4) is 11.5 Å². The molecular formula is C29H32N2O6. The molecule has 8 nitrogen and oxygen atoms in total. The van der Waals surface area contributed by atoms with Crippen molar-refractivity contribution in [3.05, 3.63) is 95.6 Å². The fraction of sp³-hybridized carbons (Fsp3) is 0.276. The lowest BCUT2D eigenvalue weighted by Crippen LogP contribution is -2.40. The molecule has 4 rings (SSSR count). The van der Waals surface area contributed by atoms with Crippen molar-refractivity contribution >= 4 is 17.8 Å². The first-order valence-electron chi connectivity index (χ1n) is 12.1. The average Bonchev–Trinajstić information content (AvgIpc) is 2.90. The van der Waals surface area contributed by atoms with E-state index in [0.717, 1.165) is 49.5 Å². The molecule has 0 saturated carbocycles. The Hall–Kier alpha value is -4.17. The van der Waals surface area contributed by atoms with Crippen molar-refractivity contribution in [1.82, 2.24) is 10.2 Å². The minimum atomic E-state index is -1.82. The van der Waals surface area contributed by atoms with Crippen molar-refractivity contribution < 1.29 is 29.3 Å². The first-order valence-corrected chi connectivity index (χ1v) is 12.1. The lowest BCUT2D eigenvalue weighted by atomic mass is 9.95. The number of para-hydroxylation sites is 1. The molecule has 8 heteroatoms. The second-order valence-corrected chi connectivity index (χ2v) is 8.93. The number of benzene rings is 3. The average molecular weight is 505 g/mol. The summed E-state index contributed by atoms with van der Waals surface area (Å²) in [4.78, 5) is 33.2. The van der Waals surface area contributed by atoms with Gasteiger partial charge < -0.3 is 20.3 Å². The summed E-state index contributed by atoms with van der Waals surface area (Å²) in [6.45, 7) is 5.43. The molecule has 0 radical (unpaired) electrons. The SMILES string of the molecule is Cc1ccc(CNC(=O)C2CCN(Cc3cccc(Oc4ccccc4)c3)CC2)cc1.O=C(O)C(=O)O. The maximum Gasteiger partial charge on any atom is 0.414 e. The highest BCUT2D eigenvalue weighted by atomic mass is 16.5. The number of nitrogens with one attached hydrogen (secondary N) is 1. The molecule has 3 aromatic carbocycles. The van der Waals surface area contributed by atoms with E-state index in [4.69, 9.17) is 24.5 Å². The van der Waals surface area contributed by atoms with Crippen LogP contribution in [0.5, 0.6) is 11.5 Å². The van der Waals surface area contributed by atoms with E-state index < -0.39 is 11.9 Å². The van der Waals surface area contributed by atoms with E-state index in [1.165, 1.54) is 11.1 Å². The third kappa shape index (κ3) is 9.42. The third-order valence-corrected chi connectivity index (χ3v) is 6.01. The molecule has 37 heavy (non-hydrogen) atoms. The van der Waals surface area contributed by atoms with Crippen molar-refractivity contribution in [1.29, 1.82) is 0 Å². The van der Waals surface area contributed by atoms with Crippen LogP contribution in [0.15, 0.2) is 78.9 Å². The number of carbonyl (C=O) groups excluding carboxylic acids is 1. The lowest BCUT2D eigenvalue weighted by Gasteiger charge is -2.31. The standard InChI is InChI=1S/C27H30N2O2.C2H2O4/c1-21-10-12-22(13-11-21)19-28-27(30)24-14-16-29(17-15-24)20-23-6-5-9-26(18-23)31-25-7-3-2-4-8-25;3-1(4)2(5)6/h2-13,18,24H,14-17,19-20H2,1H3,(H,28,30);(H,3,4)(H,5,6). The van der Waals surface area contributed by atoms with Crippen LogP contribution in [0.3, 0.4) is 0 Å². The van der Waals surface area contributed by atoms with Gasteiger partial charge >= 0.3 is 11.9 Å². The molecule has 0 aromatic heterocycles. The Bertz CT molecular complexity index is 1160. The molecule has 0 spiro atoms. The van der Waals surface area contributed by atoms with Crippen LogP contribution < -0.4 is 10.1 Å². The number of hydrogen-bond acceptors (Lipinski definition) is 5. The number of aryl methyl sites for hydroxylation is 1. The summed E-state index contributed by atoms with van der Waals surface area (Å²) < 4.78 is 5.96. The van der Waals surface area contributed by atoms with Gasteiger partial charge in [-0.3, -0.25) is 9.69 Å². The first-order chi connectivity index (χ1) is 17.8. The van der Waals surface area contributed by atoms with Crippen molar-refractivity contribution in [3.63, 3.8) is 0 Å². The van der Waals surface area contributed by atoms with Crippen LogP contribution in [-0.4, -0.2) is 46.0 Å². The number of amides is 1. The highest BCUT2D eigenvalue weighted by molar-refractivity contribution is 6.27. The smallest absolute Gasteiger partial charge is 0.414 e. The number of aliphatic carboxylic acids is 2. The Morgan fingerprint density at radius 2 is 1.46 bits per heavy atom. The number of likely N-dealkylation sites (tertiary alicyclic amines) is 1. The number of nitrogens with zero attached hydrogens (tertiary/aromatic N) is 1. The second kappa shape index (κ2) is 13.8. The summed E-state index contributed by atoms with van der Waals surface area (Å²) in [7, 11) is 0. The predicted molar refractivity (Wildman–Crippen MR) is 139 cm³/mol. The normalized spacial score (nSPS) is 13.6. The lowest BCUT2D eigenvalue weighted by molar-refractivity contribution is -0.159. The summed E-state index contributed by atoms with van der Waals surface area (Å²) in [6, 6.07) is 26.4. The predicted octanol–water partition coefficient (Wildman–Crippen LogP) is 4.47. The molecule has 1 fully saturated rings. The Morgan fingerprint density at radius 3 is 2.08 bits per heavy atom. The molecular weight excluding hydrogens is 472 g/mol. The molecule has 1 aliphatic rings. The van der Waals surface area contributed by atoms with E-state index in [1.807, 2.05) is 42.5 Å². The van der Waals surface area contributed by atoms with Crippen LogP contribution in [-0.2, 0) is 27.5 Å².